The Hall–Kier alpha value is -0.920. The molecule has 1 fully saturated rings. The van der Waals surface area contributed by atoms with Crippen LogP contribution in [0.2, 0.25) is 0 Å². The molecule has 0 unspecified atom stereocenters. The van der Waals surface area contributed by atoms with Crippen LogP contribution in [0.5, 0.6) is 0 Å². The number of rotatable bonds is 2. The lowest BCUT2D eigenvalue weighted by molar-refractivity contribution is 0.557. The second kappa shape index (κ2) is 2.29. The van der Waals surface area contributed by atoms with Crippen LogP contribution < -0.4 is 0 Å². The predicted molar refractivity (Wildman–Crippen MR) is 43.4 cm³/mol. The summed E-state index contributed by atoms with van der Waals surface area (Å²) in [6, 6.07) is 4.01. The first kappa shape index (κ1) is 6.77. The maximum Gasteiger partial charge on any atom is 0.235 e. The standard InChI is InChI=1S/C8H7NOS/c10-6-9-8(3-4-8)7-2-1-5-11-7/h1-2,5H,3-4H2. The van der Waals surface area contributed by atoms with E-state index in [1.807, 2.05) is 17.5 Å². The zero-order valence-electron chi connectivity index (χ0n) is 5.91. The minimum absolute atomic E-state index is 0.157. The van der Waals surface area contributed by atoms with Gasteiger partial charge in [0.25, 0.3) is 0 Å². The van der Waals surface area contributed by atoms with Crippen molar-refractivity contribution < 1.29 is 4.79 Å². The maximum absolute atomic E-state index is 10.1. The molecular formula is C8H7NOS. The van der Waals surface area contributed by atoms with E-state index < -0.39 is 0 Å². The second-order valence-electron chi connectivity index (χ2n) is 2.71. The van der Waals surface area contributed by atoms with Gasteiger partial charge in [0, 0.05) is 4.88 Å². The number of thiophene rings is 1. The number of aliphatic imine (C=N–C) groups is 1. The summed E-state index contributed by atoms with van der Waals surface area (Å²) in [5.74, 6) is 0. The fourth-order valence-corrected chi connectivity index (χ4v) is 2.09. The quantitative estimate of drug-likeness (QED) is 0.487. The van der Waals surface area contributed by atoms with Crippen molar-refractivity contribution in [3.05, 3.63) is 22.4 Å². The first-order chi connectivity index (χ1) is 5.37. The molecule has 0 bridgehead atoms. The number of isocyanates is 1. The van der Waals surface area contributed by atoms with Crippen molar-refractivity contribution in [3.63, 3.8) is 0 Å². The molecule has 0 aromatic carbocycles. The molecule has 0 radical (unpaired) electrons. The highest BCUT2D eigenvalue weighted by atomic mass is 32.1. The van der Waals surface area contributed by atoms with E-state index in [0.29, 0.717) is 0 Å². The van der Waals surface area contributed by atoms with Crippen molar-refractivity contribution in [1.82, 2.24) is 0 Å². The summed E-state index contributed by atoms with van der Waals surface area (Å²) >= 11 is 1.66. The van der Waals surface area contributed by atoms with E-state index in [1.165, 1.54) is 4.88 Å². The minimum atomic E-state index is -0.157. The molecule has 3 heteroatoms. The number of hydrogen-bond acceptors (Lipinski definition) is 3. The van der Waals surface area contributed by atoms with Crippen LogP contribution in [0, 0.1) is 0 Å². The SMILES string of the molecule is O=C=NC1(c2cccs2)CC1. The van der Waals surface area contributed by atoms with Gasteiger partial charge in [-0.25, -0.2) is 4.79 Å². The van der Waals surface area contributed by atoms with Crippen molar-refractivity contribution in [3.8, 4) is 0 Å². The van der Waals surface area contributed by atoms with Crippen LogP contribution in [-0.4, -0.2) is 6.08 Å². The number of nitrogens with zero attached hydrogens (tertiary/aromatic N) is 1. The molecule has 0 spiro atoms. The minimum Gasteiger partial charge on any atom is -0.211 e. The fourth-order valence-electron chi connectivity index (χ4n) is 1.16. The average molecular weight is 165 g/mol. The van der Waals surface area contributed by atoms with Gasteiger partial charge in [0.15, 0.2) is 0 Å². The molecule has 0 amide bonds. The van der Waals surface area contributed by atoms with Gasteiger partial charge in [0.05, 0.1) is 0 Å². The highest BCUT2D eigenvalue weighted by Gasteiger charge is 2.45. The Morgan fingerprint density at radius 1 is 1.64 bits per heavy atom. The van der Waals surface area contributed by atoms with Gasteiger partial charge in [-0.2, -0.15) is 4.99 Å². The Bertz CT molecular complexity index is 294. The van der Waals surface area contributed by atoms with Gasteiger partial charge in [0.2, 0.25) is 6.08 Å². The Morgan fingerprint density at radius 3 is 2.91 bits per heavy atom. The lowest BCUT2D eigenvalue weighted by atomic mass is 10.2. The summed E-state index contributed by atoms with van der Waals surface area (Å²) in [6.45, 7) is 0. The third-order valence-corrected chi connectivity index (χ3v) is 3.03. The van der Waals surface area contributed by atoms with Gasteiger partial charge < -0.3 is 0 Å². The Morgan fingerprint density at radius 2 is 2.45 bits per heavy atom. The van der Waals surface area contributed by atoms with E-state index in [4.69, 9.17) is 0 Å². The summed E-state index contributed by atoms with van der Waals surface area (Å²) < 4.78 is 0. The molecule has 2 nitrogen and oxygen atoms in total. The van der Waals surface area contributed by atoms with Crippen LogP contribution >= 0.6 is 11.3 Å². The Kier molecular flexibility index (Phi) is 1.41. The maximum atomic E-state index is 10.1. The van der Waals surface area contributed by atoms with Gasteiger partial charge in [0.1, 0.15) is 5.54 Å². The van der Waals surface area contributed by atoms with Gasteiger partial charge in [-0.1, -0.05) is 6.07 Å². The predicted octanol–water partition coefficient (Wildman–Crippen LogP) is 2.07. The molecule has 1 saturated carbocycles. The lowest BCUT2D eigenvalue weighted by Crippen LogP contribution is -1.97. The number of hydrogen-bond donors (Lipinski definition) is 0. The van der Waals surface area contributed by atoms with Crippen LogP contribution in [0.1, 0.15) is 17.7 Å². The Labute approximate surface area is 68.6 Å². The third-order valence-electron chi connectivity index (χ3n) is 1.96. The molecule has 0 N–H and O–H groups in total. The zero-order valence-corrected chi connectivity index (χ0v) is 6.73. The largest absolute Gasteiger partial charge is 0.235 e. The molecule has 0 atom stereocenters. The smallest absolute Gasteiger partial charge is 0.211 e. The summed E-state index contributed by atoms with van der Waals surface area (Å²) in [6.07, 6.45) is 3.65. The van der Waals surface area contributed by atoms with Gasteiger partial charge in [-0.05, 0) is 24.3 Å². The van der Waals surface area contributed by atoms with E-state index in [2.05, 4.69) is 4.99 Å². The lowest BCUT2D eigenvalue weighted by Gasteiger charge is -2.01. The van der Waals surface area contributed by atoms with E-state index >= 15 is 0 Å². The van der Waals surface area contributed by atoms with Crippen LogP contribution in [0.25, 0.3) is 0 Å². The molecule has 0 saturated heterocycles. The molecule has 0 aliphatic heterocycles. The molecule has 1 aliphatic rings. The van der Waals surface area contributed by atoms with Gasteiger partial charge in [-0.15, -0.1) is 11.3 Å². The fraction of sp³-hybridized carbons (Fsp3) is 0.375. The third kappa shape index (κ3) is 1.02. The molecule has 1 aromatic heterocycles. The molecular weight excluding hydrogens is 158 g/mol. The van der Waals surface area contributed by atoms with Crippen LogP contribution in [0.3, 0.4) is 0 Å². The van der Waals surface area contributed by atoms with Crippen molar-refractivity contribution in [2.24, 2.45) is 4.99 Å². The Balaban J connectivity index is 2.35. The summed E-state index contributed by atoms with van der Waals surface area (Å²) in [5, 5.41) is 2.01. The molecule has 56 valence electrons. The van der Waals surface area contributed by atoms with Crippen LogP contribution in [0.15, 0.2) is 22.5 Å². The number of carbonyl (C=O) groups excluding carboxylic acids is 1. The van der Waals surface area contributed by atoms with Crippen LogP contribution in [-0.2, 0) is 10.3 Å². The zero-order chi connectivity index (χ0) is 7.73. The highest BCUT2D eigenvalue weighted by molar-refractivity contribution is 7.10. The summed E-state index contributed by atoms with van der Waals surface area (Å²) in [4.78, 5) is 15.1. The van der Waals surface area contributed by atoms with E-state index in [1.54, 1.807) is 17.4 Å². The molecule has 2 rings (SSSR count). The van der Waals surface area contributed by atoms with Crippen molar-refractivity contribution >= 4 is 17.4 Å². The molecule has 1 aliphatic carbocycles. The molecule has 1 heterocycles. The average Bonchev–Trinajstić information content (AvgIpc) is 2.63. The van der Waals surface area contributed by atoms with Crippen molar-refractivity contribution in [1.29, 1.82) is 0 Å². The normalized spacial score (nSPS) is 18.9. The topological polar surface area (TPSA) is 29.4 Å². The van der Waals surface area contributed by atoms with E-state index in [-0.39, 0.29) is 5.54 Å². The monoisotopic (exact) mass is 165 g/mol. The summed E-state index contributed by atoms with van der Waals surface area (Å²) in [7, 11) is 0. The molecule has 11 heavy (non-hydrogen) atoms. The summed E-state index contributed by atoms with van der Waals surface area (Å²) in [5.41, 5.74) is -0.157. The van der Waals surface area contributed by atoms with Gasteiger partial charge >= 0.3 is 0 Å². The van der Waals surface area contributed by atoms with Gasteiger partial charge in [-0.3, -0.25) is 0 Å². The van der Waals surface area contributed by atoms with E-state index in [0.717, 1.165) is 12.8 Å². The van der Waals surface area contributed by atoms with Crippen molar-refractivity contribution in [2.45, 2.75) is 18.4 Å². The van der Waals surface area contributed by atoms with Crippen LogP contribution in [0.4, 0.5) is 0 Å². The van der Waals surface area contributed by atoms with Crippen molar-refractivity contribution in [2.75, 3.05) is 0 Å². The van der Waals surface area contributed by atoms with E-state index in [9.17, 15) is 4.79 Å². The first-order valence-electron chi connectivity index (χ1n) is 3.50. The second-order valence-corrected chi connectivity index (χ2v) is 3.66. The first-order valence-corrected chi connectivity index (χ1v) is 4.38. The highest BCUT2D eigenvalue weighted by Crippen LogP contribution is 2.50. The molecule has 1 aromatic rings.